The van der Waals surface area contributed by atoms with Crippen molar-refractivity contribution in [2.24, 2.45) is 0 Å². The summed E-state index contributed by atoms with van der Waals surface area (Å²) in [5.41, 5.74) is 3.01. The van der Waals surface area contributed by atoms with Crippen molar-refractivity contribution in [1.82, 2.24) is 4.90 Å². The van der Waals surface area contributed by atoms with Crippen molar-refractivity contribution in [3.05, 3.63) is 53.1 Å². The molecular formula is C22H27NO4. The maximum Gasteiger partial charge on any atom is 0.261 e. The Balaban J connectivity index is 1.73. The number of carbonyl (C=O) groups is 1. The molecule has 0 N–H and O–H groups in total. The standard InChI is InChI=1S/C22H27NO4/c1-15-6-5-7-16(2)22(15)27-14-21(24)23(18-8-9-18)13-17-12-19(25-3)10-11-20(17)26-4/h5-7,10-12,18H,8-9,13-14H2,1-4H3. The van der Waals surface area contributed by atoms with Crippen molar-refractivity contribution in [2.75, 3.05) is 20.8 Å². The summed E-state index contributed by atoms with van der Waals surface area (Å²) in [5.74, 6) is 2.29. The lowest BCUT2D eigenvalue weighted by atomic mass is 10.1. The van der Waals surface area contributed by atoms with Gasteiger partial charge in [-0.2, -0.15) is 0 Å². The zero-order valence-corrected chi connectivity index (χ0v) is 16.5. The van der Waals surface area contributed by atoms with Crippen molar-refractivity contribution in [3.8, 4) is 17.2 Å². The second kappa shape index (κ2) is 8.33. The van der Waals surface area contributed by atoms with E-state index in [-0.39, 0.29) is 18.6 Å². The van der Waals surface area contributed by atoms with Crippen LogP contribution in [0.15, 0.2) is 36.4 Å². The van der Waals surface area contributed by atoms with E-state index in [0.29, 0.717) is 6.54 Å². The Bertz CT molecular complexity index is 794. The average molecular weight is 369 g/mol. The molecule has 1 aliphatic carbocycles. The van der Waals surface area contributed by atoms with Gasteiger partial charge >= 0.3 is 0 Å². The van der Waals surface area contributed by atoms with E-state index in [1.54, 1.807) is 14.2 Å². The first-order valence-electron chi connectivity index (χ1n) is 9.23. The third-order valence-electron chi connectivity index (χ3n) is 4.88. The molecule has 0 atom stereocenters. The van der Waals surface area contributed by atoms with Crippen LogP contribution in [0.25, 0.3) is 0 Å². The monoisotopic (exact) mass is 369 g/mol. The number of amides is 1. The lowest BCUT2D eigenvalue weighted by Crippen LogP contribution is -2.36. The minimum atomic E-state index is -0.00924. The maximum atomic E-state index is 12.9. The number of methoxy groups -OCH3 is 2. The summed E-state index contributed by atoms with van der Waals surface area (Å²) < 4.78 is 16.7. The van der Waals surface area contributed by atoms with Crippen LogP contribution in [0.4, 0.5) is 0 Å². The van der Waals surface area contributed by atoms with Gasteiger partial charge in [0.2, 0.25) is 0 Å². The van der Waals surface area contributed by atoms with Gasteiger partial charge in [0.25, 0.3) is 5.91 Å². The van der Waals surface area contributed by atoms with Gasteiger partial charge in [-0.25, -0.2) is 0 Å². The summed E-state index contributed by atoms with van der Waals surface area (Å²) in [7, 11) is 3.27. The molecule has 5 heteroatoms. The topological polar surface area (TPSA) is 48.0 Å². The van der Waals surface area contributed by atoms with E-state index < -0.39 is 0 Å². The third-order valence-corrected chi connectivity index (χ3v) is 4.88. The summed E-state index contributed by atoms with van der Waals surface area (Å²) in [5, 5.41) is 0. The summed E-state index contributed by atoms with van der Waals surface area (Å²) in [6.45, 7) is 4.51. The molecular weight excluding hydrogens is 342 g/mol. The molecule has 0 aliphatic heterocycles. The molecule has 2 aromatic carbocycles. The molecule has 1 saturated carbocycles. The number of hydrogen-bond acceptors (Lipinski definition) is 4. The quantitative estimate of drug-likeness (QED) is 0.708. The fourth-order valence-electron chi connectivity index (χ4n) is 3.24. The van der Waals surface area contributed by atoms with Crippen LogP contribution in [-0.2, 0) is 11.3 Å². The summed E-state index contributed by atoms with van der Waals surface area (Å²) in [6.07, 6.45) is 2.06. The lowest BCUT2D eigenvalue weighted by molar-refractivity contribution is -0.134. The number of para-hydroxylation sites is 1. The van der Waals surface area contributed by atoms with Gasteiger partial charge in [0.05, 0.1) is 14.2 Å². The van der Waals surface area contributed by atoms with Crippen LogP contribution in [0.5, 0.6) is 17.2 Å². The number of rotatable bonds is 8. The zero-order chi connectivity index (χ0) is 19.4. The Kier molecular flexibility index (Phi) is 5.89. The van der Waals surface area contributed by atoms with Gasteiger partial charge in [-0.05, 0) is 56.0 Å². The molecule has 0 bridgehead atoms. The summed E-state index contributed by atoms with van der Waals surface area (Å²) in [6, 6.07) is 11.9. The molecule has 0 spiro atoms. The minimum absolute atomic E-state index is 0.00924. The maximum absolute atomic E-state index is 12.9. The summed E-state index contributed by atoms with van der Waals surface area (Å²) in [4.78, 5) is 14.8. The average Bonchev–Trinajstić information content (AvgIpc) is 3.50. The Morgan fingerprint density at radius 2 is 1.78 bits per heavy atom. The van der Waals surface area contributed by atoms with Crippen LogP contribution >= 0.6 is 0 Å². The molecule has 0 saturated heterocycles. The second-order valence-corrected chi connectivity index (χ2v) is 6.94. The van der Waals surface area contributed by atoms with Gasteiger partial charge in [0.1, 0.15) is 17.2 Å². The van der Waals surface area contributed by atoms with E-state index in [1.165, 1.54) is 0 Å². The number of benzene rings is 2. The Hall–Kier alpha value is -2.69. The van der Waals surface area contributed by atoms with E-state index in [2.05, 4.69) is 0 Å². The highest BCUT2D eigenvalue weighted by molar-refractivity contribution is 5.78. The van der Waals surface area contributed by atoms with Crippen molar-refractivity contribution < 1.29 is 19.0 Å². The fourth-order valence-corrected chi connectivity index (χ4v) is 3.24. The fraction of sp³-hybridized carbons (Fsp3) is 0.409. The van der Waals surface area contributed by atoms with Crippen molar-refractivity contribution in [1.29, 1.82) is 0 Å². The van der Waals surface area contributed by atoms with Gasteiger partial charge in [-0.3, -0.25) is 4.79 Å². The van der Waals surface area contributed by atoms with Gasteiger partial charge < -0.3 is 19.1 Å². The van der Waals surface area contributed by atoms with Crippen LogP contribution in [0.2, 0.25) is 0 Å². The Morgan fingerprint density at radius 3 is 2.37 bits per heavy atom. The van der Waals surface area contributed by atoms with E-state index >= 15 is 0 Å². The Morgan fingerprint density at radius 1 is 1.07 bits per heavy atom. The largest absolute Gasteiger partial charge is 0.497 e. The lowest BCUT2D eigenvalue weighted by Gasteiger charge is -2.24. The molecule has 3 rings (SSSR count). The normalized spacial score (nSPS) is 13.2. The SMILES string of the molecule is COc1ccc(OC)c(CN(C(=O)COc2c(C)cccc2C)C2CC2)c1. The molecule has 0 heterocycles. The van der Waals surface area contributed by atoms with Crippen molar-refractivity contribution >= 4 is 5.91 Å². The predicted molar refractivity (Wildman–Crippen MR) is 105 cm³/mol. The highest BCUT2D eigenvalue weighted by Gasteiger charge is 2.33. The van der Waals surface area contributed by atoms with Crippen molar-refractivity contribution in [3.63, 3.8) is 0 Å². The molecule has 1 fully saturated rings. The second-order valence-electron chi connectivity index (χ2n) is 6.94. The number of ether oxygens (including phenoxy) is 3. The molecule has 1 aliphatic rings. The Labute approximate surface area is 160 Å². The van der Waals surface area contributed by atoms with E-state index in [0.717, 1.165) is 46.8 Å². The van der Waals surface area contributed by atoms with Crippen LogP contribution < -0.4 is 14.2 Å². The van der Waals surface area contributed by atoms with Gasteiger partial charge in [0.15, 0.2) is 6.61 Å². The zero-order valence-electron chi connectivity index (χ0n) is 16.5. The number of hydrogen-bond donors (Lipinski definition) is 0. The van der Waals surface area contributed by atoms with Crippen LogP contribution in [-0.4, -0.2) is 37.7 Å². The highest BCUT2D eigenvalue weighted by Crippen LogP contribution is 2.32. The molecule has 0 aromatic heterocycles. The molecule has 2 aromatic rings. The van der Waals surface area contributed by atoms with Crippen LogP contribution in [0, 0.1) is 13.8 Å². The number of aryl methyl sites for hydroxylation is 2. The first-order valence-corrected chi connectivity index (χ1v) is 9.23. The predicted octanol–water partition coefficient (Wildman–Crippen LogP) is 3.89. The highest BCUT2D eigenvalue weighted by atomic mass is 16.5. The van der Waals surface area contributed by atoms with E-state index in [9.17, 15) is 4.79 Å². The van der Waals surface area contributed by atoms with Gasteiger partial charge in [0, 0.05) is 18.2 Å². The molecule has 27 heavy (non-hydrogen) atoms. The summed E-state index contributed by atoms with van der Waals surface area (Å²) >= 11 is 0. The van der Waals surface area contributed by atoms with Crippen LogP contribution in [0.3, 0.4) is 0 Å². The van der Waals surface area contributed by atoms with E-state index in [4.69, 9.17) is 14.2 Å². The first kappa shape index (κ1) is 19.1. The van der Waals surface area contributed by atoms with Crippen molar-refractivity contribution in [2.45, 2.75) is 39.3 Å². The molecule has 1 amide bonds. The van der Waals surface area contributed by atoms with E-state index in [1.807, 2.05) is 55.1 Å². The molecule has 0 unspecified atom stereocenters. The number of nitrogens with zero attached hydrogens (tertiary/aromatic N) is 1. The molecule has 0 radical (unpaired) electrons. The van der Waals surface area contributed by atoms with Gasteiger partial charge in [-0.1, -0.05) is 18.2 Å². The van der Waals surface area contributed by atoms with Crippen LogP contribution in [0.1, 0.15) is 29.5 Å². The molecule has 144 valence electrons. The molecule has 5 nitrogen and oxygen atoms in total. The van der Waals surface area contributed by atoms with Gasteiger partial charge in [-0.15, -0.1) is 0 Å². The first-order chi connectivity index (χ1) is 13.0. The number of carbonyl (C=O) groups excluding carboxylic acids is 1. The third kappa shape index (κ3) is 4.54. The smallest absolute Gasteiger partial charge is 0.261 e. The minimum Gasteiger partial charge on any atom is -0.497 e.